The van der Waals surface area contributed by atoms with Gasteiger partial charge in [0.2, 0.25) is 0 Å². The van der Waals surface area contributed by atoms with Crippen molar-refractivity contribution in [2.24, 2.45) is 0 Å². The zero-order valence-electron chi connectivity index (χ0n) is 18.9. The van der Waals surface area contributed by atoms with E-state index in [-0.39, 0.29) is 22.4 Å². The summed E-state index contributed by atoms with van der Waals surface area (Å²) in [6, 6.07) is 14.2. The molecule has 0 N–H and O–H groups in total. The molecule has 0 heterocycles. The summed E-state index contributed by atoms with van der Waals surface area (Å²) in [4.78, 5) is 0. The molecule has 0 saturated carbocycles. The molecule has 0 aliphatic heterocycles. The molecule has 0 aliphatic carbocycles. The van der Waals surface area contributed by atoms with Crippen LogP contribution in [0.1, 0.15) is 18.1 Å². The topological polar surface area (TPSA) is 9.23 Å². The minimum atomic E-state index is -3.79. The maximum atomic E-state index is 14.7. The second-order valence-electron chi connectivity index (χ2n) is 8.02. The summed E-state index contributed by atoms with van der Waals surface area (Å²) in [7, 11) is 0. The third-order valence-corrected chi connectivity index (χ3v) is 5.47. The van der Waals surface area contributed by atoms with E-state index in [9.17, 15) is 35.1 Å². The highest BCUT2D eigenvalue weighted by Gasteiger charge is 2.34. The minimum absolute atomic E-state index is 0.163. The quantitative estimate of drug-likeness (QED) is 0.182. The van der Waals surface area contributed by atoms with Crippen molar-refractivity contribution in [3.05, 3.63) is 119 Å². The van der Waals surface area contributed by atoms with Crippen LogP contribution in [0.25, 0.3) is 28.1 Å². The van der Waals surface area contributed by atoms with Gasteiger partial charge < -0.3 is 4.74 Å². The van der Waals surface area contributed by atoms with Gasteiger partial charge in [-0.2, -0.15) is 8.78 Å². The number of ether oxygens (including phenoxy) is 1. The lowest BCUT2D eigenvalue weighted by Gasteiger charge is -2.19. The summed E-state index contributed by atoms with van der Waals surface area (Å²) < 4.78 is 115. The summed E-state index contributed by atoms with van der Waals surface area (Å²) in [5, 5.41) is 0. The number of benzene rings is 4. The van der Waals surface area contributed by atoms with Gasteiger partial charge in [-0.1, -0.05) is 36.4 Å². The van der Waals surface area contributed by atoms with Crippen LogP contribution in [0.2, 0.25) is 0 Å². The fourth-order valence-corrected chi connectivity index (χ4v) is 3.57. The Hall–Kier alpha value is -4.14. The maximum absolute atomic E-state index is 14.7. The Balaban J connectivity index is 1.52. The second-order valence-corrected chi connectivity index (χ2v) is 8.02. The lowest BCUT2D eigenvalue weighted by Crippen LogP contribution is -2.21. The van der Waals surface area contributed by atoms with Gasteiger partial charge >= 0.3 is 6.11 Å². The molecule has 9 heteroatoms. The van der Waals surface area contributed by atoms with Crippen LogP contribution in [0.3, 0.4) is 0 Å². The first-order valence-electron chi connectivity index (χ1n) is 10.7. The van der Waals surface area contributed by atoms with E-state index in [1.54, 1.807) is 0 Å². The number of hydrogen-bond acceptors (Lipinski definition) is 1. The summed E-state index contributed by atoms with van der Waals surface area (Å²) in [6.07, 6.45) is -3.79. The van der Waals surface area contributed by atoms with Crippen LogP contribution < -0.4 is 4.74 Å². The molecule has 4 aromatic rings. The Morgan fingerprint density at radius 3 is 1.73 bits per heavy atom. The Morgan fingerprint density at radius 2 is 1.19 bits per heavy atom. The maximum Gasteiger partial charge on any atom is 0.426 e. The lowest BCUT2D eigenvalue weighted by molar-refractivity contribution is -0.185. The zero-order chi connectivity index (χ0) is 26.9. The van der Waals surface area contributed by atoms with E-state index in [1.807, 2.05) is 0 Å². The Kier molecular flexibility index (Phi) is 7.07. The molecule has 0 unspecified atom stereocenters. The lowest BCUT2D eigenvalue weighted by atomic mass is 9.99. The SMILES string of the molecule is CC(F)=C(F)c1ccc(C(F)(F)Oc2ccc(-c3ccc(-c4cc(F)c(F)c(F)c4)c(F)c3)cc2)cc1. The van der Waals surface area contributed by atoms with E-state index in [2.05, 4.69) is 0 Å². The molecule has 4 aromatic carbocycles. The Bertz CT molecular complexity index is 1450. The Morgan fingerprint density at radius 1 is 0.649 bits per heavy atom. The first-order valence-corrected chi connectivity index (χ1v) is 10.7. The molecule has 37 heavy (non-hydrogen) atoms. The molecule has 190 valence electrons. The molecular formula is C28H16F8O. The van der Waals surface area contributed by atoms with Crippen LogP contribution in [-0.2, 0) is 6.11 Å². The molecule has 0 aliphatic rings. The van der Waals surface area contributed by atoms with Gasteiger partial charge in [0.25, 0.3) is 0 Å². The number of rotatable bonds is 6. The van der Waals surface area contributed by atoms with Gasteiger partial charge in [-0.3, -0.25) is 0 Å². The van der Waals surface area contributed by atoms with Crippen LogP contribution in [0.5, 0.6) is 5.75 Å². The second kappa shape index (κ2) is 10.1. The number of alkyl halides is 2. The standard InChI is InChI=1S/C28H16F8O/c1-15(29)26(33)17-2-7-20(8-3-17)28(35,36)37-21-9-4-16(5-10-21)18-6-11-22(23(30)12-18)19-13-24(31)27(34)25(32)14-19/h2-14H,1H3. The van der Waals surface area contributed by atoms with Crippen molar-refractivity contribution in [3.8, 4) is 28.0 Å². The van der Waals surface area contributed by atoms with Crippen LogP contribution in [0.4, 0.5) is 35.1 Å². The average Bonchev–Trinajstić information content (AvgIpc) is 2.86. The summed E-state index contributed by atoms with van der Waals surface area (Å²) in [6.45, 7) is 0.904. The van der Waals surface area contributed by atoms with Crippen molar-refractivity contribution in [3.63, 3.8) is 0 Å². The van der Waals surface area contributed by atoms with Crippen LogP contribution in [0.15, 0.2) is 84.7 Å². The van der Waals surface area contributed by atoms with E-state index in [4.69, 9.17) is 4.74 Å². The van der Waals surface area contributed by atoms with Gasteiger partial charge in [-0.15, -0.1) is 0 Å². The average molecular weight is 520 g/mol. The van der Waals surface area contributed by atoms with Crippen molar-refractivity contribution < 1.29 is 39.9 Å². The molecule has 0 atom stereocenters. The fraction of sp³-hybridized carbons (Fsp3) is 0.0714. The predicted octanol–water partition coefficient (Wildman–Crippen LogP) is 9.33. The van der Waals surface area contributed by atoms with Gasteiger partial charge in [-0.05, 0) is 66.1 Å². The molecule has 0 amide bonds. The van der Waals surface area contributed by atoms with E-state index in [1.165, 1.54) is 36.4 Å². The van der Waals surface area contributed by atoms with Gasteiger partial charge in [0.05, 0.1) is 5.56 Å². The first-order chi connectivity index (χ1) is 17.5. The van der Waals surface area contributed by atoms with Crippen LogP contribution >= 0.6 is 0 Å². The molecule has 0 saturated heterocycles. The minimum Gasteiger partial charge on any atom is -0.429 e. The molecule has 0 fully saturated rings. The van der Waals surface area contributed by atoms with E-state index < -0.39 is 46.6 Å². The largest absolute Gasteiger partial charge is 0.429 e. The summed E-state index contributed by atoms with van der Waals surface area (Å²) in [5.74, 6) is -7.88. The highest BCUT2D eigenvalue weighted by molar-refractivity contribution is 5.71. The van der Waals surface area contributed by atoms with Crippen LogP contribution in [0, 0.1) is 23.3 Å². The molecular weight excluding hydrogens is 504 g/mol. The van der Waals surface area contributed by atoms with Gasteiger partial charge in [0.15, 0.2) is 23.3 Å². The molecule has 0 spiro atoms. The predicted molar refractivity (Wildman–Crippen MR) is 123 cm³/mol. The highest BCUT2D eigenvalue weighted by atomic mass is 19.3. The molecule has 1 nitrogen and oxygen atoms in total. The van der Waals surface area contributed by atoms with Crippen molar-refractivity contribution in [1.29, 1.82) is 0 Å². The molecule has 0 radical (unpaired) electrons. The number of allylic oxidation sites excluding steroid dienone is 1. The van der Waals surface area contributed by atoms with E-state index in [0.29, 0.717) is 23.3 Å². The molecule has 4 rings (SSSR count). The van der Waals surface area contributed by atoms with Crippen LogP contribution in [-0.4, -0.2) is 0 Å². The van der Waals surface area contributed by atoms with Crippen molar-refractivity contribution in [2.45, 2.75) is 13.0 Å². The van der Waals surface area contributed by atoms with Crippen molar-refractivity contribution >= 4 is 5.83 Å². The summed E-state index contributed by atoms with van der Waals surface area (Å²) in [5.41, 5.74) is -0.391. The number of hydrogen-bond donors (Lipinski definition) is 0. The van der Waals surface area contributed by atoms with E-state index >= 15 is 0 Å². The van der Waals surface area contributed by atoms with Gasteiger partial charge in [0, 0.05) is 11.1 Å². The number of halogens is 8. The summed E-state index contributed by atoms with van der Waals surface area (Å²) >= 11 is 0. The van der Waals surface area contributed by atoms with Gasteiger partial charge in [-0.25, -0.2) is 26.3 Å². The first kappa shape index (κ1) is 25.9. The van der Waals surface area contributed by atoms with Crippen molar-refractivity contribution in [2.75, 3.05) is 0 Å². The fourth-order valence-electron chi connectivity index (χ4n) is 3.57. The highest BCUT2D eigenvalue weighted by Crippen LogP contribution is 2.35. The smallest absolute Gasteiger partial charge is 0.426 e. The van der Waals surface area contributed by atoms with E-state index in [0.717, 1.165) is 37.3 Å². The zero-order valence-corrected chi connectivity index (χ0v) is 18.9. The Labute approximate surface area is 206 Å². The molecule has 0 aromatic heterocycles. The van der Waals surface area contributed by atoms with Gasteiger partial charge in [0.1, 0.15) is 17.4 Å². The molecule has 0 bridgehead atoms. The third-order valence-electron chi connectivity index (χ3n) is 5.47. The van der Waals surface area contributed by atoms with Crippen molar-refractivity contribution in [1.82, 2.24) is 0 Å². The monoisotopic (exact) mass is 520 g/mol. The third kappa shape index (κ3) is 5.50. The normalized spacial score (nSPS) is 12.4.